The number of rotatable bonds is 19. The van der Waals surface area contributed by atoms with Gasteiger partial charge in [-0.25, -0.2) is 24.2 Å². The first-order valence-electron chi connectivity index (χ1n) is 26.0. The quantitative estimate of drug-likeness (QED) is 0.0376. The van der Waals surface area contributed by atoms with Gasteiger partial charge in [-0.15, -0.1) is 0 Å². The zero-order valence-corrected chi connectivity index (χ0v) is 47.4. The monoisotopic (exact) mass is 1100 g/mol. The number of ether oxygens (including phenoxy) is 8. The third kappa shape index (κ3) is 12.1. The number of nitrogens with zero attached hydrogens (tertiary/aromatic N) is 2. The van der Waals surface area contributed by atoms with Gasteiger partial charge in [-0.2, -0.15) is 0 Å². The number of fused-ring (bicyclic) bond motifs is 5. The van der Waals surface area contributed by atoms with Crippen molar-refractivity contribution in [3.63, 3.8) is 0 Å². The predicted molar refractivity (Wildman–Crippen MR) is 286 cm³/mol. The average Bonchev–Trinajstić information content (AvgIpc) is 3.57. The van der Waals surface area contributed by atoms with E-state index in [1.54, 1.807) is 115 Å². The molecule has 11 atom stereocenters. The molecule has 7 rings (SSSR count). The van der Waals surface area contributed by atoms with Crippen molar-refractivity contribution < 1.29 is 71.8 Å². The molecule has 1 saturated heterocycles. The lowest BCUT2D eigenvalue weighted by Gasteiger charge is -2.67. The third-order valence-electron chi connectivity index (χ3n) is 15.5. The van der Waals surface area contributed by atoms with Crippen LogP contribution < -0.4 is 5.32 Å². The van der Waals surface area contributed by atoms with Crippen LogP contribution in [0.4, 0.5) is 9.59 Å². The number of aliphatic hydroxyl groups is 1. The van der Waals surface area contributed by atoms with Crippen LogP contribution in [-0.4, -0.2) is 144 Å². The highest BCUT2D eigenvalue weighted by Crippen LogP contribution is 2.65. The number of aromatic nitrogens is 1. The second-order valence-corrected chi connectivity index (χ2v) is 24.2. The first-order chi connectivity index (χ1) is 36.5. The van der Waals surface area contributed by atoms with Crippen LogP contribution in [0, 0.1) is 16.7 Å². The Hall–Kier alpha value is -5.51. The van der Waals surface area contributed by atoms with Crippen molar-refractivity contribution in [1.29, 1.82) is 0 Å². The van der Waals surface area contributed by atoms with E-state index in [2.05, 4.69) is 10.3 Å². The van der Waals surface area contributed by atoms with Gasteiger partial charge in [0.15, 0.2) is 11.4 Å². The number of Topliss-reactive ketones (excluding diaryl/α,β-unsaturated/α-hetero) is 1. The summed E-state index contributed by atoms with van der Waals surface area (Å²) in [5, 5.41) is 17.7. The largest absolute Gasteiger partial charge is 0.455 e. The van der Waals surface area contributed by atoms with Crippen LogP contribution in [0.2, 0.25) is 0 Å². The lowest BCUT2D eigenvalue weighted by molar-refractivity contribution is -0.347. The number of pyridine rings is 1. The summed E-state index contributed by atoms with van der Waals surface area (Å²) < 4.78 is 49.9. The van der Waals surface area contributed by atoms with E-state index in [0.29, 0.717) is 23.3 Å². The van der Waals surface area contributed by atoms with Crippen LogP contribution in [0.15, 0.2) is 101 Å². The van der Waals surface area contributed by atoms with Gasteiger partial charge in [-0.3, -0.25) is 9.59 Å². The molecule has 0 radical (unpaired) electrons. The van der Waals surface area contributed by atoms with Crippen LogP contribution in [0.3, 0.4) is 0 Å². The molecule has 2 heterocycles. The van der Waals surface area contributed by atoms with E-state index in [1.165, 1.54) is 47.6 Å². The fraction of sp³-hybridized carbons (Fsp3) is 0.561. The molecular weight excluding hydrogens is 1030 g/mol. The number of esters is 3. The van der Waals surface area contributed by atoms with Gasteiger partial charge in [0, 0.05) is 64.4 Å². The molecule has 2 N–H and O–H groups in total. The molecule has 4 aliphatic rings. The Balaban J connectivity index is 1.36. The summed E-state index contributed by atoms with van der Waals surface area (Å²) in [6.07, 6.45) is -7.44. The van der Waals surface area contributed by atoms with Gasteiger partial charge in [0.1, 0.15) is 46.7 Å². The molecule has 3 aromatic rings. The minimum absolute atomic E-state index is 0.0945. The number of hydrogen-bond acceptors (Lipinski definition) is 18. The summed E-state index contributed by atoms with van der Waals surface area (Å²) in [5.74, 6) is -4.13. The van der Waals surface area contributed by atoms with Crippen LogP contribution in [0.1, 0.15) is 110 Å². The number of ketones is 1. The van der Waals surface area contributed by atoms with Crippen molar-refractivity contribution in [2.24, 2.45) is 16.7 Å². The minimum Gasteiger partial charge on any atom is -0.455 e. The van der Waals surface area contributed by atoms with Gasteiger partial charge in [0.05, 0.1) is 29.6 Å². The van der Waals surface area contributed by atoms with E-state index in [4.69, 9.17) is 37.9 Å². The van der Waals surface area contributed by atoms with E-state index in [0.717, 1.165) is 11.4 Å². The van der Waals surface area contributed by atoms with Crippen LogP contribution in [0.5, 0.6) is 0 Å². The van der Waals surface area contributed by atoms with E-state index in [1.807, 2.05) is 25.1 Å². The molecule has 1 aromatic heterocycles. The van der Waals surface area contributed by atoms with Crippen molar-refractivity contribution >= 4 is 57.5 Å². The maximum Gasteiger partial charge on any atom is 0.410 e. The Morgan fingerprint density at radius 2 is 1.61 bits per heavy atom. The second-order valence-electron chi connectivity index (χ2n) is 21.8. The summed E-state index contributed by atoms with van der Waals surface area (Å²) in [5.41, 5.74) is -7.14. The first-order valence-corrected chi connectivity index (χ1v) is 28.3. The SMILES string of the molecule is CCCCN(CCSSc1ccccn1)C(=O)O[C@@H](C(=O)O[C@H]1C[C@@]2(O)[C@@H](OC(=O)c3ccccc3)[C@@H]3[C@]4(OC(C)=O)CO[C@@H]4C[C@H](OC)[C@@]3(C)C(=O)[C@H](OC)C(=C1C)C2(C)C)[C@@H](NC(=O)OC(C)(C)C)c1ccccc1. The number of carbonyl (C=O) groups excluding carboxylic acids is 6. The average molecular weight is 1100 g/mol. The molecule has 418 valence electrons. The van der Waals surface area contributed by atoms with E-state index < -0.39 is 119 Å². The number of amides is 2. The number of nitrogens with one attached hydrogen (secondary N) is 1. The van der Waals surface area contributed by atoms with Gasteiger partial charge in [0.2, 0.25) is 6.10 Å². The number of methoxy groups -OCH3 is 2. The van der Waals surface area contributed by atoms with E-state index >= 15 is 9.59 Å². The highest BCUT2D eigenvalue weighted by Gasteiger charge is 2.78. The smallest absolute Gasteiger partial charge is 0.410 e. The molecule has 3 aliphatic carbocycles. The molecule has 0 unspecified atom stereocenters. The zero-order valence-electron chi connectivity index (χ0n) is 45.7. The maximum absolute atomic E-state index is 15.9. The summed E-state index contributed by atoms with van der Waals surface area (Å²) >= 11 is 0. The third-order valence-corrected chi connectivity index (χ3v) is 17.8. The number of hydrogen-bond donors (Lipinski definition) is 2. The Morgan fingerprint density at radius 3 is 2.19 bits per heavy atom. The van der Waals surface area contributed by atoms with Crippen LogP contribution >= 0.6 is 21.6 Å². The van der Waals surface area contributed by atoms with Gasteiger partial charge >= 0.3 is 30.1 Å². The Bertz CT molecular complexity index is 2640. The Kier molecular flexibility index (Phi) is 18.6. The second kappa shape index (κ2) is 24.2. The van der Waals surface area contributed by atoms with Gasteiger partial charge in [-0.1, -0.05) is 92.6 Å². The first kappa shape index (κ1) is 59.2. The predicted octanol–water partition coefficient (Wildman–Crippen LogP) is 8.65. The highest BCUT2D eigenvalue weighted by molar-refractivity contribution is 8.76. The summed E-state index contributed by atoms with van der Waals surface area (Å²) in [4.78, 5) is 93.8. The topological polar surface area (TPSA) is 225 Å². The number of unbranched alkanes of at least 4 members (excludes halogenated alkanes) is 1. The molecule has 3 fully saturated rings. The molecule has 2 saturated carbocycles. The van der Waals surface area contributed by atoms with Gasteiger partial charge in [0.25, 0.3) is 0 Å². The number of benzene rings is 2. The molecule has 2 aromatic carbocycles. The van der Waals surface area contributed by atoms with E-state index in [9.17, 15) is 24.3 Å². The van der Waals surface area contributed by atoms with Crippen molar-refractivity contribution in [3.05, 3.63) is 107 Å². The van der Waals surface area contributed by atoms with Crippen LogP contribution in [-0.2, 0) is 52.3 Å². The van der Waals surface area contributed by atoms with Crippen molar-refractivity contribution in [2.75, 3.05) is 39.7 Å². The van der Waals surface area contributed by atoms with E-state index in [-0.39, 0.29) is 37.3 Å². The van der Waals surface area contributed by atoms with Crippen molar-refractivity contribution in [2.45, 2.75) is 152 Å². The standard InChI is InChI=1S/C57H73N3O15S2/c1-12-13-28-60(29-30-76-77-41-26-20-21-27-58-41)52(66)72-45(43(36-22-16-14-17-23-36)59-51(65)75-53(4,5)6)50(64)71-38-32-57(67)48(73-49(63)37-24-18-15-19-25-37)46-55(9,47(62)44(69-11)42(34(38)2)54(57,7)8)39(68-10)31-40-56(46,33-70-40)74-35(3)61/h14-27,38-40,43-46,48,67H,12-13,28-33H2,1-11H3,(H,59,65)/t38-,39-,40+,43-,44+,45+,46-,48-,55+,56-,57+/m0/s1. The molecule has 0 spiro atoms. The number of carbonyl (C=O) groups is 6. The van der Waals surface area contributed by atoms with Crippen LogP contribution in [0.25, 0.3) is 0 Å². The Morgan fingerprint density at radius 1 is 0.935 bits per heavy atom. The molecule has 1 aliphatic heterocycles. The normalized spacial score (nSPS) is 28.1. The zero-order chi connectivity index (χ0) is 56.1. The summed E-state index contributed by atoms with van der Waals surface area (Å²) in [7, 11) is 5.73. The van der Waals surface area contributed by atoms with Gasteiger partial charge < -0.3 is 53.2 Å². The van der Waals surface area contributed by atoms with Crippen molar-refractivity contribution in [1.82, 2.24) is 15.2 Å². The number of alkyl carbamates (subject to hydrolysis) is 1. The lowest BCUT2D eigenvalue weighted by atomic mass is 9.44. The molecule has 18 nitrogen and oxygen atoms in total. The molecule has 77 heavy (non-hydrogen) atoms. The molecule has 2 bridgehead atoms. The highest BCUT2D eigenvalue weighted by atomic mass is 33.1. The maximum atomic E-state index is 15.9. The minimum atomic E-state index is -2.30. The van der Waals surface area contributed by atoms with Crippen molar-refractivity contribution in [3.8, 4) is 0 Å². The fourth-order valence-corrected chi connectivity index (χ4v) is 13.5. The van der Waals surface area contributed by atoms with Gasteiger partial charge in [-0.05, 0) is 92.8 Å². The molecule has 2 amide bonds. The lowest BCUT2D eigenvalue weighted by Crippen LogP contribution is -2.82. The summed E-state index contributed by atoms with van der Waals surface area (Å²) in [6, 6.07) is 20.7. The summed E-state index contributed by atoms with van der Waals surface area (Å²) in [6.45, 7) is 15.2. The Labute approximate surface area is 458 Å². The molecular formula is C57H73N3O15S2. The fourth-order valence-electron chi connectivity index (χ4n) is 11.6. The molecule has 20 heteroatoms.